The number of hydrogen-bond acceptors (Lipinski definition) is 4. The normalized spacial score (nSPS) is 22.0. The summed E-state index contributed by atoms with van der Waals surface area (Å²) in [6, 6.07) is 7.85. The summed E-state index contributed by atoms with van der Waals surface area (Å²) < 4.78 is 23.1. The molecule has 7 heteroatoms. The largest absolute Gasteiger partial charge is 0.357 e. The van der Waals surface area contributed by atoms with Crippen molar-refractivity contribution in [3.8, 4) is 0 Å². The van der Waals surface area contributed by atoms with E-state index in [1.165, 1.54) is 6.26 Å². The molecule has 0 amide bonds. The fourth-order valence-electron chi connectivity index (χ4n) is 3.12. The average molecular weight is 381 g/mol. The van der Waals surface area contributed by atoms with Crippen LogP contribution in [0, 0.1) is 5.92 Å². The molecule has 26 heavy (non-hydrogen) atoms. The van der Waals surface area contributed by atoms with Gasteiger partial charge in [-0.25, -0.2) is 13.4 Å². The molecule has 0 spiro atoms. The van der Waals surface area contributed by atoms with E-state index in [0.717, 1.165) is 31.2 Å². The number of rotatable bonds is 6. The summed E-state index contributed by atoms with van der Waals surface area (Å²) in [7, 11) is -3.16. The lowest BCUT2D eigenvalue weighted by atomic mass is 10.1. The minimum atomic E-state index is -3.16. The molecule has 2 rings (SSSR count). The lowest BCUT2D eigenvalue weighted by Gasteiger charge is -2.22. The van der Waals surface area contributed by atoms with Crippen molar-refractivity contribution >= 4 is 15.8 Å². The predicted molar refractivity (Wildman–Crippen MR) is 107 cm³/mol. The second-order valence-electron chi connectivity index (χ2n) is 7.39. The van der Waals surface area contributed by atoms with Crippen molar-refractivity contribution in [2.24, 2.45) is 10.9 Å². The van der Waals surface area contributed by atoms with Crippen LogP contribution in [0.2, 0.25) is 0 Å². The number of nitrogens with zero attached hydrogens (tertiary/aromatic N) is 2. The Kier molecular flexibility index (Phi) is 7.06. The van der Waals surface area contributed by atoms with Crippen molar-refractivity contribution in [1.29, 1.82) is 0 Å². The van der Waals surface area contributed by atoms with E-state index < -0.39 is 9.84 Å². The zero-order chi connectivity index (χ0) is 19.3. The average Bonchev–Trinajstić information content (AvgIpc) is 2.93. The molecule has 2 atom stereocenters. The second kappa shape index (κ2) is 8.86. The van der Waals surface area contributed by atoms with Crippen molar-refractivity contribution in [2.45, 2.75) is 51.2 Å². The Morgan fingerprint density at radius 1 is 1.27 bits per heavy atom. The molecular formula is C19H32N4O2S. The van der Waals surface area contributed by atoms with E-state index in [1.807, 2.05) is 12.1 Å². The highest BCUT2D eigenvalue weighted by molar-refractivity contribution is 7.90. The van der Waals surface area contributed by atoms with Gasteiger partial charge >= 0.3 is 0 Å². The molecule has 6 nitrogen and oxygen atoms in total. The minimum absolute atomic E-state index is 0.337. The van der Waals surface area contributed by atoms with Gasteiger partial charge in [0.05, 0.1) is 11.4 Å². The first-order chi connectivity index (χ1) is 12.2. The molecule has 1 aliphatic heterocycles. The molecule has 0 aliphatic carbocycles. The van der Waals surface area contributed by atoms with Gasteiger partial charge in [0.15, 0.2) is 15.8 Å². The number of aliphatic imine (C=N–C) groups is 1. The summed E-state index contributed by atoms with van der Waals surface area (Å²) in [6.07, 6.45) is 1.22. The van der Waals surface area contributed by atoms with Crippen LogP contribution in [-0.2, 0) is 16.4 Å². The Morgan fingerprint density at radius 3 is 2.42 bits per heavy atom. The molecule has 0 radical (unpaired) electrons. The van der Waals surface area contributed by atoms with Crippen LogP contribution in [0.4, 0.5) is 0 Å². The maximum Gasteiger partial charge on any atom is 0.191 e. The molecule has 2 unspecified atom stereocenters. The summed E-state index contributed by atoms with van der Waals surface area (Å²) in [4.78, 5) is 7.49. The van der Waals surface area contributed by atoms with Crippen LogP contribution in [0.5, 0.6) is 0 Å². The summed E-state index contributed by atoms with van der Waals surface area (Å²) >= 11 is 0. The van der Waals surface area contributed by atoms with Crippen LogP contribution in [0.25, 0.3) is 0 Å². The van der Waals surface area contributed by atoms with Gasteiger partial charge in [-0.2, -0.15) is 0 Å². The zero-order valence-electron chi connectivity index (χ0n) is 16.5. The molecule has 0 saturated carbocycles. The van der Waals surface area contributed by atoms with E-state index in [-0.39, 0.29) is 0 Å². The fraction of sp³-hybridized carbons (Fsp3) is 0.632. The standard InChI is InChI=1S/C19H32N4O2S/c1-6-20-19(22-18-13-23(14(2)3)12-15(18)4)21-11-16-7-9-17(10-8-16)26(5,24)25/h7-10,14-15,18H,6,11-13H2,1-5H3,(H2,20,21,22). The van der Waals surface area contributed by atoms with Crippen molar-refractivity contribution in [3.63, 3.8) is 0 Å². The van der Waals surface area contributed by atoms with Gasteiger partial charge in [-0.1, -0.05) is 19.1 Å². The molecule has 0 bridgehead atoms. The number of hydrogen-bond donors (Lipinski definition) is 2. The lowest BCUT2D eigenvalue weighted by Crippen LogP contribution is -2.46. The van der Waals surface area contributed by atoms with E-state index in [4.69, 9.17) is 0 Å². The third-order valence-corrected chi connectivity index (χ3v) is 5.94. The Labute approximate surface area is 158 Å². The summed E-state index contributed by atoms with van der Waals surface area (Å²) in [6.45, 7) is 12.2. The molecule has 146 valence electrons. The van der Waals surface area contributed by atoms with Crippen molar-refractivity contribution < 1.29 is 8.42 Å². The highest BCUT2D eigenvalue weighted by Gasteiger charge is 2.31. The monoisotopic (exact) mass is 380 g/mol. The van der Waals surface area contributed by atoms with Gasteiger partial charge in [-0.05, 0) is 44.4 Å². The number of guanidine groups is 1. The first-order valence-corrected chi connectivity index (χ1v) is 11.2. The molecule has 1 heterocycles. The number of benzene rings is 1. The van der Waals surface area contributed by atoms with Gasteiger partial charge in [-0.15, -0.1) is 0 Å². The number of nitrogens with one attached hydrogen (secondary N) is 2. The third kappa shape index (κ3) is 5.71. The van der Waals surface area contributed by atoms with Gasteiger partial charge in [0.1, 0.15) is 0 Å². The Hall–Kier alpha value is -1.60. The maximum atomic E-state index is 11.5. The molecular weight excluding hydrogens is 348 g/mol. The van der Waals surface area contributed by atoms with Crippen LogP contribution in [0.3, 0.4) is 0 Å². The Balaban J connectivity index is 2.02. The molecule has 1 saturated heterocycles. The van der Waals surface area contributed by atoms with Gasteiger partial charge in [0.2, 0.25) is 0 Å². The van der Waals surface area contributed by atoms with Gasteiger partial charge in [0.25, 0.3) is 0 Å². The van der Waals surface area contributed by atoms with Crippen molar-refractivity contribution in [3.05, 3.63) is 29.8 Å². The topological polar surface area (TPSA) is 73.8 Å². The molecule has 1 fully saturated rings. The van der Waals surface area contributed by atoms with E-state index in [1.54, 1.807) is 12.1 Å². The van der Waals surface area contributed by atoms with Crippen LogP contribution >= 0.6 is 0 Å². The van der Waals surface area contributed by atoms with Crippen LogP contribution in [0.15, 0.2) is 34.2 Å². The maximum absolute atomic E-state index is 11.5. The number of sulfone groups is 1. The van der Waals surface area contributed by atoms with E-state index in [9.17, 15) is 8.42 Å². The van der Waals surface area contributed by atoms with Crippen LogP contribution in [-0.4, -0.2) is 57.3 Å². The predicted octanol–water partition coefficient (Wildman–Crippen LogP) is 1.87. The lowest BCUT2D eigenvalue weighted by molar-refractivity contribution is 0.265. The highest BCUT2D eigenvalue weighted by atomic mass is 32.2. The van der Waals surface area contributed by atoms with Gasteiger partial charge in [-0.3, -0.25) is 4.90 Å². The van der Waals surface area contributed by atoms with E-state index in [0.29, 0.717) is 29.4 Å². The molecule has 1 aromatic carbocycles. The van der Waals surface area contributed by atoms with Crippen LogP contribution < -0.4 is 10.6 Å². The summed E-state index contributed by atoms with van der Waals surface area (Å²) in [5, 5.41) is 6.86. The highest BCUT2D eigenvalue weighted by Crippen LogP contribution is 2.18. The molecule has 1 aromatic rings. The molecule has 2 N–H and O–H groups in total. The van der Waals surface area contributed by atoms with E-state index >= 15 is 0 Å². The van der Waals surface area contributed by atoms with Crippen LogP contribution in [0.1, 0.15) is 33.3 Å². The summed E-state index contributed by atoms with van der Waals surface area (Å²) in [5.74, 6) is 1.37. The van der Waals surface area contributed by atoms with E-state index in [2.05, 4.69) is 48.2 Å². The molecule has 0 aromatic heterocycles. The summed E-state index contributed by atoms with van der Waals surface area (Å²) in [5.41, 5.74) is 0.984. The Bertz CT molecular complexity index is 714. The zero-order valence-corrected chi connectivity index (χ0v) is 17.3. The van der Waals surface area contributed by atoms with Gasteiger partial charge in [0, 0.05) is 38.0 Å². The third-order valence-electron chi connectivity index (χ3n) is 4.81. The first kappa shape index (κ1) is 20.7. The van der Waals surface area contributed by atoms with Crippen molar-refractivity contribution in [1.82, 2.24) is 15.5 Å². The SMILES string of the molecule is CCNC(=NCc1ccc(S(C)(=O)=O)cc1)NC1CN(C(C)C)CC1C. The quantitative estimate of drug-likeness (QED) is 0.582. The number of likely N-dealkylation sites (tertiary alicyclic amines) is 1. The molecule has 1 aliphatic rings. The van der Waals surface area contributed by atoms with Gasteiger partial charge < -0.3 is 10.6 Å². The smallest absolute Gasteiger partial charge is 0.191 e. The first-order valence-electron chi connectivity index (χ1n) is 9.28. The fourth-order valence-corrected chi connectivity index (χ4v) is 3.75. The van der Waals surface area contributed by atoms with Crippen molar-refractivity contribution in [2.75, 3.05) is 25.9 Å². The second-order valence-corrected chi connectivity index (χ2v) is 9.40. The minimum Gasteiger partial charge on any atom is -0.357 e. The Morgan fingerprint density at radius 2 is 1.92 bits per heavy atom.